The number of carbonyl (C=O) groups excluding carboxylic acids is 1. The van der Waals surface area contributed by atoms with Crippen LogP contribution in [0.5, 0.6) is 5.75 Å². The number of benzene rings is 1. The Labute approximate surface area is 121 Å². The van der Waals surface area contributed by atoms with Crippen molar-refractivity contribution in [3.8, 4) is 5.75 Å². The molecule has 0 aliphatic carbocycles. The van der Waals surface area contributed by atoms with Crippen LogP contribution in [0.1, 0.15) is 56.2 Å². The molecule has 0 bridgehead atoms. The van der Waals surface area contributed by atoms with E-state index in [2.05, 4.69) is 20.8 Å². The Morgan fingerprint density at radius 1 is 1.40 bits per heavy atom. The topological polar surface area (TPSA) is 58.6 Å². The molecule has 1 aromatic carbocycles. The zero-order valence-electron chi connectivity index (χ0n) is 12.8. The number of hydroxylamine groups is 1. The quantitative estimate of drug-likeness (QED) is 0.457. The van der Waals surface area contributed by atoms with Crippen LogP contribution in [0.25, 0.3) is 0 Å². The van der Waals surface area contributed by atoms with Crippen molar-refractivity contribution < 1.29 is 14.7 Å². The minimum atomic E-state index is -0.401. The van der Waals surface area contributed by atoms with Crippen LogP contribution in [-0.4, -0.2) is 17.7 Å². The molecule has 0 aliphatic rings. The van der Waals surface area contributed by atoms with E-state index in [1.54, 1.807) is 5.48 Å². The molecule has 0 fully saturated rings. The average Bonchev–Trinajstić information content (AvgIpc) is 2.41. The molecule has 0 heterocycles. The van der Waals surface area contributed by atoms with Crippen LogP contribution in [0, 0.1) is 6.92 Å². The molecule has 2 N–H and O–H groups in total. The molecule has 20 heavy (non-hydrogen) atoms. The first-order chi connectivity index (χ1) is 9.51. The van der Waals surface area contributed by atoms with E-state index in [9.17, 15) is 4.79 Å². The van der Waals surface area contributed by atoms with Crippen molar-refractivity contribution in [2.45, 2.75) is 52.9 Å². The van der Waals surface area contributed by atoms with Crippen molar-refractivity contribution in [1.82, 2.24) is 5.48 Å². The summed E-state index contributed by atoms with van der Waals surface area (Å²) in [5, 5.41) is 8.64. The van der Waals surface area contributed by atoms with E-state index >= 15 is 0 Å². The van der Waals surface area contributed by atoms with Gasteiger partial charge in [0.25, 0.3) is 0 Å². The maximum atomic E-state index is 11.3. The maximum absolute atomic E-state index is 11.3. The lowest BCUT2D eigenvalue weighted by Gasteiger charge is -2.19. The minimum Gasteiger partial charge on any atom is -0.493 e. The number of hydrogen-bond donors (Lipinski definition) is 2. The molecule has 0 aromatic heterocycles. The Morgan fingerprint density at radius 2 is 2.10 bits per heavy atom. The van der Waals surface area contributed by atoms with Gasteiger partial charge >= 0.3 is 0 Å². The Bertz CT molecular complexity index is 455. The number of hydrogen-bond acceptors (Lipinski definition) is 3. The third kappa shape index (κ3) is 4.23. The van der Waals surface area contributed by atoms with Gasteiger partial charge in [-0.2, -0.15) is 0 Å². The molecule has 1 aromatic rings. The van der Waals surface area contributed by atoms with Crippen molar-refractivity contribution >= 4 is 5.91 Å². The summed E-state index contributed by atoms with van der Waals surface area (Å²) in [6.45, 7) is 9.08. The Kier molecular flexibility index (Phi) is 6.52. The van der Waals surface area contributed by atoms with E-state index in [4.69, 9.17) is 9.94 Å². The highest BCUT2D eigenvalue weighted by Crippen LogP contribution is 2.32. The fourth-order valence-electron chi connectivity index (χ4n) is 2.32. The van der Waals surface area contributed by atoms with Gasteiger partial charge in [0.05, 0.1) is 13.0 Å². The average molecular weight is 279 g/mol. The van der Waals surface area contributed by atoms with E-state index < -0.39 is 5.91 Å². The first-order valence-corrected chi connectivity index (χ1v) is 7.19. The van der Waals surface area contributed by atoms with E-state index in [0.29, 0.717) is 12.5 Å². The van der Waals surface area contributed by atoms with E-state index in [-0.39, 0.29) is 6.42 Å². The van der Waals surface area contributed by atoms with Crippen LogP contribution in [0.15, 0.2) is 12.1 Å². The molecule has 112 valence electrons. The van der Waals surface area contributed by atoms with Crippen molar-refractivity contribution in [1.29, 1.82) is 0 Å². The van der Waals surface area contributed by atoms with Gasteiger partial charge in [-0.15, -0.1) is 0 Å². The first-order valence-electron chi connectivity index (χ1n) is 7.19. The second-order valence-corrected chi connectivity index (χ2v) is 5.33. The number of carbonyl (C=O) groups is 1. The molecule has 0 saturated carbocycles. The highest BCUT2D eigenvalue weighted by Gasteiger charge is 2.15. The number of rotatable bonds is 7. The predicted octanol–water partition coefficient (Wildman–Crippen LogP) is 3.35. The van der Waals surface area contributed by atoms with E-state index in [0.717, 1.165) is 35.3 Å². The van der Waals surface area contributed by atoms with Crippen LogP contribution in [0.2, 0.25) is 0 Å². The number of amides is 1. The monoisotopic (exact) mass is 279 g/mol. The predicted molar refractivity (Wildman–Crippen MR) is 79.3 cm³/mol. The van der Waals surface area contributed by atoms with Crippen LogP contribution in [0.4, 0.5) is 0 Å². The lowest BCUT2D eigenvalue weighted by atomic mass is 9.92. The zero-order valence-corrected chi connectivity index (χ0v) is 12.8. The Morgan fingerprint density at radius 3 is 2.65 bits per heavy atom. The van der Waals surface area contributed by atoms with Gasteiger partial charge in [0.1, 0.15) is 5.75 Å². The van der Waals surface area contributed by atoms with Crippen LogP contribution < -0.4 is 10.2 Å². The molecular weight excluding hydrogens is 254 g/mol. The molecule has 0 aliphatic heterocycles. The Balaban J connectivity index is 3.03. The highest BCUT2D eigenvalue weighted by atomic mass is 16.5. The number of unbranched alkanes of at least 4 members (excludes halogenated alkanes) is 1. The molecule has 1 amide bonds. The normalized spacial score (nSPS) is 10.7. The first kappa shape index (κ1) is 16.5. The van der Waals surface area contributed by atoms with Gasteiger partial charge in [0, 0.05) is 0 Å². The SMILES string of the molecule is CCCCOc1ccc(CC(=O)NO)c(C)c1C(C)C. The van der Waals surface area contributed by atoms with Crippen molar-refractivity contribution in [3.63, 3.8) is 0 Å². The smallest absolute Gasteiger partial charge is 0.247 e. The number of ether oxygens (including phenoxy) is 1. The van der Waals surface area contributed by atoms with Crippen LogP contribution >= 0.6 is 0 Å². The van der Waals surface area contributed by atoms with Gasteiger partial charge in [-0.05, 0) is 42.0 Å². The van der Waals surface area contributed by atoms with Gasteiger partial charge in [0.15, 0.2) is 0 Å². The van der Waals surface area contributed by atoms with E-state index in [1.807, 2.05) is 19.1 Å². The molecule has 0 saturated heterocycles. The van der Waals surface area contributed by atoms with Gasteiger partial charge in [-0.1, -0.05) is 33.3 Å². The van der Waals surface area contributed by atoms with Gasteiger partial charge in [-0.25, -0.2) is 5.48 Å². The summed E-state index contributed by atoms with van der Waals surface area (Å²) < 4.78 is 5.86. The van der Waals surface area contributed by atoms with E-state index in [1.165, 1.54) is 0 Å². The Hall–Kier alpha value is -1.55. The van der Waals surface area contributed by atoms with Gasteiger partial charge in [-0.3, -0.25) is 10.0 Å². The third-order valence-electron chi connectivity index (χ3n) is 3.40. The second kappa shape index (κ2) is 7.90. The summed E-state index contributed by atoms with van der Waals surface area (Å²) in [5.41, 5.74) is 4.81. The van der Waals surface area contributed by atoms with Crippen molar-refractivity contribution in [2.24, 2.45) is 0 Å². The molecule has 4 nitrogen and oxygen atoms in total. The summed E-state index contributed by atoms with van der Waals surface area (Å²) in [6, 6.07) is 3.83. The third-order valence-corrected chi connectivity index (χ3v) is 3.40. The zero-order chi connectivity index (χ0) is 15.1. The largest absolute Gasteiger partial charge is 0.493 e. The van der Waals surface area contributed by atoms with Gasteiger partial charge < -0.3 is 4.74 Å². The second-order valence-electron chi connectivity index (χ2n) is 5.33. The fourth-order valence-corrected chi connectivity index (χ4v) is 2.32. The van der Waals surface area contributed by atoms with Crippen LogP contribution in [0.3, 0.4) is 0 Å². The van der Waals surface area contributed by atoms with Crippen molar-refractivity contribution in [2.75, 3.05) is 6.61 Å². The highest BCUT2D eigenvalue weighted by molar-refractivity contribution is 5.78. The van der Waals surface area contributed by atoms with Crippen LogP contribution in [-0.2, 0) is 11.2 Å². The summed E-state index contributed by atoms with van der Waals surface area (Å²) in [6.07, 6.45) is 2.31. The fraction of sp³-hybridized carbons (Fsp3) is 0.562. The molecular formula is C16H25NO3. The summed E-state index contributed by atoms with van der Waals surface area (Å²) in [4.78, 5) is 11.3. The molecule has 0 radical (unpaired) electrons. The summed E-state index contributed by atoms with van der Waals surface area (Å²) >= 11 is 0. The minimum absolute atomic E-state index is 0.178. The maximum Gasteiger partial charge on any atom is 0.247 e. The number of nitrogens with one attached hydrogen (secondary N) is 1. The molecule has 0 spiro atoms. The van der Waals surface area contributed by atoms with Gasteiger partial charge in [0.2, 0.25) is 5.91 Å². The summed E-state index contributed by atoms with van der Waals surface area (Å²) in [7, 11) is 0. The molecule has 0 atom stereocenters. The standard InChI is InChI=1S/C16H25NO3/c1-5-6-9-20-14-8-7-13(10-15(18)17-19)12(4)16(14)11(2)3/h7-8,11,19H,5-6,9-10H2,1-4H3,(H,17,18). The molecule has 4 heteroatoms. The summed E-state index contributed by atoms with van der Waals surface area (Å²) in [5.74, 6) is 0.824. The molecule has 0 unspecified atom stereocenters. The lowest BCUT2D eigenvalue weighted by molar-refractivity contribution is -0.128. The van der Waals surface area contributed by atoms with Crippen molar-refractivity contribution in [3.05, 3.63) is 28.8 Å². The lowest BCUT2D eigenvalue weighted by Crippen LogP contribution is -2.21. The molecule has 1 rings (SSSR count).